The van der Waals surface area contributed by atoms with E-state index in [0.29, 0.717) is 5.95 Å². The highest BCUT2D eigenvalue weighted by Gasteiger charge is 2.19. The van der Waals surface area contributed by atoms with E-state index >= 15 is 0 Å². The summed E-state index contributed by atoms with van der Waals surface area (Å²) >= 11 is 0. The Labute approximate surface area is 315 Å². The normalized spacial score (nSPS) is 11.3. The summed E-state index contributed by atoms with van der Waals surface area (Å²) < 4.78 is 4.60. The molecular formula is C50H40N4. The van der Waals surface area contributed by atoms with Crippen molar-refractivity contribution in [1.29, 1.82) is 0 Å². The van der Waals surface area contributed by atoms with Gasteiger partial charge >= 0.3 is 0 Å². The Morgan fingerprint density at radius 3 is 1.44 bits per heavy atom. The molecule has 0 atom stereocenters. The Balaban J connectivity index is 0.00000189. The monoisotopic (exact) mass is 696 g/mol. The van der Waals surface area contributed by atoms with Gasteiger partial charge in [-0.05, 0) is 73.5 Å². The number of aromatic nitrogens is 4. The molecule has 10 aromatic rings. The Bertz CT molecular complexity index is 2890. The van der Waals surface area contributed by atoms with E-state index in [4.69, 9.17) is 9.97 Å². The summed E-state index contributed by atoms with van der Waals surface area (Å²) in [4.78, 5) is 10.6. The average molecular weight is 697 g/mol. The van der Waals surface area contributed by atoms with Crippen LogP contribution in [0.3, 0.4) is 0 Å². The van der Waals surface area contributed by atoms with Crippen LogP contribution in [0.4, 0.5) is 0 Å². The highest BCUT2D eigenvalue weighted by molar-refractivity contribution is 6.12. The van der Waals surface area contributed by atoms with Crippen LogP contribution in [-0.4, -0.2) is 19.1 Å². The third kappa shape index (κ3) is 5.64. The largest absolute Gasteiger partial charge is 0.309 e. The molecule has 0 bridgehead atoms. The fourth-order valence-electron chi connectivity index (χ4n) is 7.65. The molecule has 0 N–H and O–H groups in total. The summed E-state index contributed by atoms with van der Waals surface area (Å²) in [5, 5.41) is 4.81. The molecule has 4 heteroatoms. The van der Waals surface area contributed by atoms with Crippen LogP contribution in [-0.2, 0) is 0 Å². The highest BCUT2D eigenvalue weighted by Crippen LogP contribution is 2.38. The second-order valence-corrected chi connectivity index (χ2v) is 13.7. The van der Waals surface area contributed by atoms with Crippen LogP contribution in [0.2, 0.25) is 0 Å². The van der Waals surface area contributed by atoms with Crippen LogP contribution in [0.1, 0.15) is 25.0 Å². The summed E-state index contributed by atoms with van der Waals surface area (Å²) in [5.41, 5.74) is 14.3. The van der Waals surface area contributed by atoms with Gasteiger partial charge in [0.1, 0.15) is 0 Å². The molecule has 0 saturated heterocycles. The van der Waals surface area contributed by atoms with Crippen LogP contribution >= 0.6 is 0 Å². The van der Waals surface area contributed by atoms with Gasteiger partial charge in [0, 0.05) is 38.4 Å². The Morgan fingerprint density at radius 1 is 0.352 bits per heavy atom. The maximum Gasteiger partial charge on any atom is 0.235 e. The second-order valence-electron chi connectivity index (χ2n) is 13.7. The number of fused-ring (bicyclic) bond motifs is 6. The van der Waals surface area contributed by atoms with Gasteiger partial charge in [-0.1, -0.05) is 146 Å². The van der Waals surface area contributed by atoms with Crippen molar-refractivity contribution in [2.45, 2.75) is 27.7 Å². The molecule has 3 aromatic heterocycles. The number of hydrogen-bond donors (Lipinski definition) is 0. The number of hydrogen-bond acceptors (Lipinski definition) is 2. The zero-order chi connectivity index (χ0) is 36.8. The van der Waals surface area contributed by atoms with Gasteiger partial charge in [0.25, 0.3) is 0 Å². The lowest BCUT2D eigenvalue weighted by Gasteiger charge is -2.12. The van der Waals surface area contributed by atoms with Crippen molar-refractivity contribution < 1.29 is 0 Å². The van der Waals surface area contributed by atoms with Gasteiger partial charge in [-0.25, -0.2) is 9.97 Å². The SMILES string of the molecule is CC.Cc1ccc(-c2cc(-c3ccc(C)cc3)nc(-n3c4ccccc4c4ccc(-c5ccc6c(c5)c5ccccc5n6-c5ccccc5)cc43)n2)cc1. The smallest absolute Gasteiger partial charge is 0.235 e. The summed E-state index contributed by atoms with van der Waals surface area (Å²) in [5.74, 6) is 0.651. The lowest BCUT2D eigenvalue weighted by atomic mass is 10.0. The third-order valence-electron chi connectivity index (χ3n) is 10.3. The van der Waals surface area contributed by atoms with E-state index < -0.39 is 0 Å². The van der Waals surface area contributed by atoms with Gasteiger partial charge in [-0.3, -0.25) is 4.57 Å². The zero-order valence-electron chi connectivity index (χ0n) is 31.0. The molecule has 0 radical (unpaired) electrons. The van der Waals surface area contributed by atoms with Crippen molar-refractivity contribution >= 4 is 43.6 Å². The van der Waals surface area contributed by atoms with Crippen LogP contribution in [0.25, 0.3) is 88.9 Å². The van der Waals surface area contributed by atoms with E-state index in [0.717, 1.165) is 50.4 Å². The summed E-state index contributed by atoms with van der Waals surface area (Å²) in [6.07, 6.45) is 0. The first-order valence-electron chi connectivity index (χ1n) is 18.7. The van der Waals surface area contributed by atoms with Crippen molar-refractivity contribution in [1.82, 2.24) is 19.1 Å². The van der Waals surface area contributed by atoms with E-state index in [9.17, 15) is 0 Å². The van der Waals surface area contributed by atoms with Gasteiger partial charge in [-0.15, -0.1) is 0 Å². The minimum atomic E-state index is 0.651. The van der Waals surface area contributed by atoms with E-state index in [2.05, 4.69) is 193 Å². The van der Waals surface area contributed by atoms with Crippen molar-refractivity contribution in [3.63, 3.8) is 0 Å². The van der Waals surface area contributed by atoms with Crippen LogP contribution in [0, 0.1) is 13.8 Å². The summed E-state index contributed by atoms with van der Waals surface area (Å²) in [6, 6.07) is 60.8. The minimum absolute atomic E-state index is 0.651. The third-order valence-corrected chi connectivity index (χ3v) is 10.3. The van der Waals surface area contributed by atoms with Gasteiger partial charge in [0.05, 0.1) is 33.5 Å². The molecule has 4 nitrogen and oxygen atoms in total. The zero-order valence-corrected chi connectivity index (χ0v) is 31.0. The first-order chi connectivity index (χ1) is 26.6. The highest BCUT2D eigenvalue weighted by atomic mass is 15.2. The molecule has 0 unspecified atom stereocenters. The van der Waals surface area contributed by atoms with Crippen LogP contribution in [0.5, 0.6) is 0 Å². The predicted molar refractivity (Wildman–Crippen MR) is 228 cm³/mol. The lowest BCUT2D eigenvalue weighted by Crippen LogP contribution is -2.04. The maximum absolute atomic E-state index is 5.28. The van der Waals surface area contributed by atoms with Gasteiger partial charge in [-0.2, -0.15) is 0 Å². The first kappa shape index (κ1) is 33.1. The molecule has 10 rings (SSSR count). The Kier molecular flexibility index (Phi) is 8.36. The standard InChI is InChI=1S/C48H34N4.C2H6/c1-31-16-20-33(21-17-31)42-30-43(34-22-18-32(2)19-23-34)50-48(49-42)52-45-15-9-6-12-38(45)40-26-24-36(29-47(40)52)35-25-27-46-41(28-35)39-13-7-8-14-44(39)51(46)37-10-4-3-5-11-37;1-2/h3-30H,1-2H3;1-2H3. The Hall–Kier alpha value is -6.78. The predicted octanol–water partition coefficient (Wildman–Crippen LogP) is 13.3. The Morgan fingerprint density at radius 2 is 0.815 bits per heavy atom. The van der Waals surface area contributed by atoms with Crippen molar-refractivity contribution in [3.8, 4) is 45.3 Å². The second kappa shape index (κ2) is 13.6. The van der Waals surface area contributed by atoms with E-state index in [-0.39, 0.29) is 0 Å². The number of aryl methyl sites for hydroxylation is 2. The van der Waals surface area contributed by atoms with Crippen LogP contribution < -0.4 is 0 Å². The molecule has 0 aliphatic rings. The van der Waals surface area contributed by atoms with Crippen molar-refractivity contribution in [2.24, 2.45) is 0 Å². The van der Waals surface area contributed by atoms with Gasteiger partial charge in [0.15, 0.2) is 0 Å². The molecule has 3 heterocycles. The van der Waals surface area contributed by atoms with Crippen molar-refractivity contribution in [3.05, 3.63) is 181 Å². The number of para-hydroxylation sites is 3. The number of nitrogens with zero attached hydrogens (tertiary/aromatic N) is 4. The molecule has 0 aliphatic heterocycles. The van der Waals surface area contributed by atoms with Crippen LogP contribution in [0.15, 0.2) is 170 Å². The molecule has 0 fully saturated rings. The summed E-state index contributed by atoms with van der Waals surface area (Å²) in [6.45, 7) is 8.23. The minimum Gasteiger partial charge on any atom is -0.309 e. The fourth-order valence-corrected chi connectivity index (χ4v) is 7.65. The molecule has 54 heavy (non-hydrogen) atoms. The maximum atomic E-state index is 5.28. The first-order valence-corrected chi connectivity index (χ1v) is 18.7. The van der Waals surface area contributed by atoms with Gasteiger partial charge < -0.3 is 4.57 Å². The average Bonchev–Trinajstić information content (AvgIpc) is 3.74. The van der Waals surface area contributed by atoms with E-state index in [1.165, 1.54) is 43.7 Å². The lowest BCUT2D eigenvalue weighted by molar-refractivity contribution is 0.995. The van der Waals surface area contributed by atoms with E-state index in [1.807, 2.05) is 13.8 Å². The molecule has 0 saturated carbocycles. The molecule has 0 amide bonds. The number of benzene rings is 7. The van der Waals surface area contributed by atoms with E-state index in [1.54, 1.807) is 0 Å². The quantitative estimate of drug-likeness (QED) is 0.180. The fraction of sp³-hybridized carbons (Fsp3) is 0.0800. The molecule has 0 aliphatic carbocycles. The molecular weight excluding hydrogens is 657 g/mol. The summed E-state index contributed by atoms with van der Waals surface area (Å²) in [7, 11) is 0. The molecule has 0 spiro atoms. The topological polar surface area (TPSA) is 35.6 Å². The molecule has 7 aromatic carbocycles. The van der Waals surface area contributed by atoms with Crippen molar-refractivity contribution in [2.75, 3.05) is 0 Å². The number of rotatable bonds is 5. The van der Waals surface area contributed by atoms with Gasteiger partial charge in [0.2, 0.25) is 5.95 Å². The molecule has 260 valence electrons.